The molecule has 2 unspecified atom stereocenters. The first-order chi connectivity index (χ1) is 7.24. The summed E-state index contributed by atoms with van der Waals surface area (Å²) in [6.07, 6.45) is 0.557. The maximum Gasteiger partial charge on any atom is 0.0750 e. The molecule has 3 heteroatoms. The third-order valence-electron chi connectivity index (χ3n) is 3.19. The predicted octanol–water partition coefficient (Wildman–Crippen LogP) is 1.40. The first-order valence-electron chi connectivity index (χ1n) is 5.50. The van der Waals surface area contributed by atoms with Gasteiger partial charge in [0.15, 0.2) is 0 Å². The molecule has 0 spiro atoms. The number of para-hydroxylation sites is 1. The molecule has 2 rings (SSSR count). The van der Waals surface area contributed by atoms with Crippen LogP contribution in [-0.4, -0.2) is 29.2 Å². The number of benzene rings is 1. The lowest BCUT2D eigenvalue weighted by molar-refractivity contribution is 0.119. The zero-order valence-electron chi connectivity index (χ0n) is 9.06. The number of likely N-dealkylation sites (tertiary alicyclic amines) is 1. The average molecular weight is 206 g/mol. The van der Waals surface area contributed by atoms with Crippen LogP contribution >= 0.6 is 0 Å². The van der Waals surface area contributed by atoms with E-state index in [9.17, 15) is 5.11 Å². The highest BCUT2D eigenvalue weighted by Gasteiger charge is 2.33. The Balaban J connectivity index is 2.32. The number of likely N-dealkylation sites (N-methyl/N-ethyl adjacent to an activating group) is 1. The van der Waals surface area contributed by atoms with Crippen molar-refractivity contribution in [1.29, 1.82) is 0 Å². The van der Waals surface area contributed by atoms with E-state index in [0.29, 0.717) is 0 Å². The Kier molecular flexibility index (Phi) is 2.93. The van der Waals surface area contributed by atoms with Gasteiger partial charge in [-0.05, 0) is 24.6 Å². The molecular weight excluding hydrogens is 188 g/mol. The van der Waals surface area contributed by atoms with Crippen LogP contribution < -0.4 is 5.73 Å². The lowest BCUT2D eigenvalue weighted by Gasteiger charge is -2.26. The smallest absolute Gasteiger partial charge is 0.0750 e. The molecule has 0 saturated carbocycles. The minimum absolute atomic E-state index is 0.0798. The lowest BCUT2D eigenvalue weighted by Crippen LogP contribution is -2.27. The van der Waals surface area contributed by atoms with Gasteiger partial charge in [-0.1, -0.05) is 25.1 Å². The van der Waals surface area contributed by atoms with Crippen LogP contribution in [0, 0.1) is 0 Å². The largest absolute Gasteiger partial charge is 0.398 e. The van der Waals surface area contributed by atoms with Crippen LogP contribution in [-0.2, 0) is 0 Å². The number of nitrogen functional groups attached to an aromatic ring is 1. The molecule has 2 atom stereocenters. The van der Waals surface area contributed by atoms with E-state index >= 15 is 0 Å². The van der Waals surface area contributed by atoms with Crippen molar-refractivity contribution in [3.63, 3.8) is 0 Å². The summed E-state index contributed by atoms with van der Waals surface area (Å²) < 4.78 is 0. The fourth-order valence-electron chi connectivity index (χ4n) is 2.38. The number of aliphatic hydroxyl groups is 1. The maximum atomic E-state index is 9.97. The standard InChI is InChI=1S/C12H18N2O/c1-2-14-8-7-11(15)12(14)9-5-3-4-6-10(9)13/h3-6,11-12,15H,2,7-8,13H2,1H3. The Morgan fingerprint density at radius 2 is 2.20 bits per heavy atom. The molecule has 1 aromatic carbocycles. The zero-order valence-corrected chi connectivity index (χ0v) is 9.06. The third-order valence-corrected chi connectivity index (χ3v) is 3.19. The van der Waals surface area contributed by atoms with Crippen molar-refractivity contribution in [3.8, 4) is 0 Å². The highest BCUT2D eigenvalue weighted by molar-refractivity contribution is 5.48. The Bertz CT molecular complexity index is 340. The summed E-state index contributed by atoms with van der Waals surface area (Å²) in [6.45, 7) is 4.02. The van der Waals surface area contributed by atoms with Gasteiger partial charge in [0.25, 0.3) is 0 Å². The number of hydrogen-bond donors (Lipinski definition) is 2. The Morgan fingerprint density at radius 3 is 2.87 bits per heavy atom. The molecule has 15 heavy (non-hydrogen) atoms. The molecule has 0 aliphatic carbocycles. The first-order valence-corrected chi connectivity index (χ1v) is 5.50. The van der Waals surface area contributed by atoms with E-state index < -0.39 is 0 Å². The normalized spacial score (nSPS) is 27.1. The SMILES string of the molecule is CCN1CCC(O)C1c1ccccc1N. The number of nitrogens with zero attached hydrogens (tertiary/aromatic N) is 1. The first kappa shape index (κ1) is 10.5. The second-order valence-corrected chi connectivity index (χ2v) is 4.06. The van der Waals surface area contributed by atoms with Crippen molar-refractivity contribution < 1.29 is 5.11 Å². The molecule has 1 aromatic rings. The Labute approximate surface area is 90.5 Å². The van der Waals surface area contributed by atoms with Crippen LogP contribution in [0.3, 0.4) is 0 Å². The van der Waals surface area contributed by atoms with E-state index in [1.165, 1.54) is 0 Å². The fourth-order valence-corrected chi connectivity index (χ4v) is 2.38. The molecule has 1 saturated heterocycles. The van der Waals surface area contributed by atoms with Gasteiger partial charge in [0.1, 0.15) is 0 Å². The Morgan fingerprint density at radius 1 is 1.47 bits per heavy atom. The second kappa shape index (κ2) is 4.21. The molecule has 3 nitrogen and oxygen atoms in total. The van der Waals surface area contributed by atoms with Crippen molar-refractivity contribution in [1.82, 2.24) is 4.90 Å². The maximum absolute atomic E-state index is 9.97. The second-order valence-electron chi connectivity index (χ2n) is 4.06. The number of hydrogen-bond acceptors (Lipinski definition) is 3. The average Bonchev–Trinajstić information content (AvgIpc) is 2.60. The van der Waals surface area contributed by atoms with Crippen molar-refractivity contribution in [3.05, 3.63) is 29.8 Å². The van der Waals surface area contributed by atoms with Crippen LogP contribution in [0.15, 0.2) is 24.3 Å². The summed E-state index contributed by atoms with van der Waals surface area (Å²) in [4.78, 5) is 2.27. The molecule has 82 valence electrons. The summed E-state index contributed by atoms with van der Waals surface area (Å²) in [7, 11) is 0. The topological polar surface area (TPSA) is 49.5 Å². The van der Waals surface area contributed by atoms with Gasteiger partial charge in [-0.2, -0.15) is 0 Å². The quantitative estimate of drug-likeness (QED) is 0.719. The molecule has 1 fully saturated rings. The van der Waals surface area contributed by atoms with Gasteiger partial charge in [0.05, 0.1) is 12.1 Å². The summed E-state index contributed by atoms with van der Waals surface area (Å²) in [6, 6.07) is 7.89. The van der Waals surface area contributed by atoms with E-state index in [-0.39, 0.29) is 12.1 Å². The summed E-state index contributed by atoms with van der Waals surface area (Å²) in [5.74, 6) is 0. The monoisotopic (exact) mass is 206 g/mol. The minimum Gasteiger partial charge on any atom is -0.398 e. The fraction of sp³-hybridized carbons (Fsp3) is 0.500. The molecule has 1 aliphatic heterocycles. The van der Waals surface area contributed by atoms with Crippen molar-refractivity contribution in [2.24, 2.45) is 0 Å². The van der Waals surface area contributed by atoms with Crippen LogP contribution in [0.1, 0.15) is 24.9 Å². The van der Waals surface area contributed by atoms with Gasteiger partial charge in [-0.3, -0.25) is 4.90 Å². The molecule has 1 aliphatic rings. The van der Waals surface area contributed by atoms with E-state index in [0.717, 1.165) is 30.8 Å². The highest BCUT2D eigenvalue weighted by Crippen LogP contribution is 2.34. The molecule has 1 heterocycles. The molecule has 0 amide bonds. The predicted molar refractivity (Wildman–Crippen MR) is 61.5 cm³/mol. The van der Waals surface area contributed by atoms with E-state index in [2.05, 4.69) is 11.8 Å². The van der Waals surface area contributed by atoms with E-state index in [1.54, 1.807) is 0 Å². The van der Waals surface area contributed by atoms with Crippen molar-refractivity contribution >= 4 is 5.69 Å². The van der Waals surface area contributed by atoms with Gasteiger partial charge < -0.3 is 10.8 Å². The molecule has 3 N–H and O–H groups in total. The summed E-state index contributed by atoms with van der Waals surface area (Å²) in [5.41, 5.74) is 7.78. The van der Waals surface area contributed by atoms with Crippen LogP contribution in [0.2, 0.25) is 0 Å². The third kappa shape index (κ3) is 1.85. The van der Waals surface area contributed by atoms with Gasteiger partial charge in [-0.25, -0.2) is 0 Å². The van der Waals surface area contributed by atoms with Crippen LogP contribution in [0.5, 0.6) is 0 Å². The van der Waals surface area contributed by atoms with Crippen molar-refractivity contribution in [2.45, 2.75) is 25.5 Å². The Hall–Kier alpha value is -1.06. The van der Waals surface area contributed by atoms with Gasteiger partial charge >= 0.3 is 0 Å². The number of anilines is 1. The number of aliphatic hydroxyl groups excluding tert-OH is 1. The number of rotatable bonds is 2. The summed E-state index contributed by atoms with van der Waals surface area (Å²) in [5, 5.41) is 9.97. The van der Waals surface area contributed by atoms with Gasteiger partial charge in [0.2, 0.25) is 0 Å². The number of nitrogens with two attached hydrogens (primary N) is 1. The summed E-state index contributed by atoms with van der Waals surface area (Å²) >= 11 is 0. The van der Waals surface area contributed by atoms with Gasteiger partial charge in [0, 0.05) is 12.2 Å². The zero-order chi connectivity index (χ0) is 10.8. The van der Waals surface area contributed by atoms with Crippen LogP contribution in [0.4, 0.5) is 5.69 Å². The van der Waals surface area contributed by atoms with Gasteiger partial charge in [-0.15, -0.1) is 0 Å². The molecular formula is C12H18N2O. The minimum atomic E-state index is -0.283. The van der Waals surface area contributed by atoms with E-state index in [1.807, 2.05) is 24.3 Å². The lowest BCUT2D eigenvalue weighted by atomic mass is 10.0. The highest BCUT2D eigenvalue weighted by atomic mass is 16.3. The molecule has 0 aromatic heterocycles. The molecule has 0 bridgehead atoms. The molecule has 0 radical (unpaired) electrons. The van der Waals surface area contributed by atoms with Crippen LogP contribution in [0.25, 0.3) is 0 Å². The van der Waals surface area contributed by atoms with Crippen molar-refractivity contribution in [2.75, 3.05) is 18.8 Å². The van der Waals surface area contributed by atoms with E-state index in [4.69, 9.17) is 5.73 Å².